The Hall–Kier alpha value is -3.26. The molecule has 36 heavy (non-hydrogen) atoms. The largest absolute Gasteiger partial charge is 0.340 e. The third-order valence-corrected chi connectivity index (χ3v) is 7.99. The van der Waals surface area contributed by atoms with E-state index in [4.69, 9.17) is 0 Å². The summed E-state index contributed by atoms with van der Waals surface area (Å²) in [5.41, 5.74) is 5.57. The number of piperidine rings is 1. The van der Waals surface area contributed by atoms with Crippen LogP contribution in [-0.4, -0.2) is 78.9 Å². The molecule has 3 unspecified atom stereocenters. The van der Waals surface area contributed by atoms with E-state index in [2.05, 4.69) is 57.7 Å². The molecule has 186 valence electrons. The predicted molar refractivity (Wildman–Crippen MR) is 141 cm³/mol. The fourth-order valence-electron chi connectivity index (χ4n) is 6.09. The second-order valence-electron chi connectivity index (χ2n) is 10.3. The number of carbonyl (C=O) groups excluding carboxylic acids is 2. The van der Waals surface area contributed by atoms with Crippen LogP contribution in [0.25, 0.3) is 10.8 Å². The van der Waals surface area contributed by atoms with Crippen LogP contribution < -0.4 is 10.4 Å². The van der Waals surface area contributed by atoms with Gasteiger partial charge in [0, 0.05) is 45.8 Å². The Kier molecular flexibility index (Phi) is 6.21. The summed E-state index contributed by atoms with van der Waals surface area (Å²) in [5.74, 6) is -0.242. The second kappa shape index (κ2) is 9.65. The smallest absolute Gasteiger partial charge is 0.247 e. The molecule has 3 aromatic rings. The number of hydrogen-bond acceptors (Lipinski definition) is 5. The van der Waals surface area contributed by atoms with Crippen molar-refractivity contribution in [3.63, 3.8) is 0 Å². The highest BCUT2D eigenvalue weighted by atomic mass is 16.2. The molecule has 0 bridgehead atoms. The first kappa shape index (κ1) is 23.2. The molecule has 0 saturated carbocycles. The van der Waals surface area contributed by atoms with Crippen LogP contribution in [0, 0.1) is 11.8 Å². The number of hydrazine groups is 1. The van der Waals surface area contributed by atoms with Gasteiger partial charge >= 0.3 is 0 Å². The topological polar surface area (TPSA) is 59.1 Å². The first-order chi connectivity index (χ1) is 17.6. The number of benzene rings is 3. The number of likely N-dealkylation sites (tertiary alicyclic amines) is 1. The van der Waals surface area contributed by atoms with Gasteiger partial charge in [-0.1, -0.05) is 60.7 Å². The molecule has 3 aromatic carbocycles. The van der Waals surface area contributed by atoms with Gasteiger partial charge in [-0.2, -0.15) is 0 Å². The number of nitrogens with zero attached hydrogens (tertiary/aromatic N) is 4. The lowest BCUT2D eigenvalue weighted by Crippen LogP contribution is -2.59. The van der Waals surface area contributed by atoms with E-state index in [0.717, 1.165) is 38.4 Å². The summed E-state index contributed by atoms with van der Waals surface area (Å²) in [4.78, 5) is 33.6. The Labute approximate surface area is 212 Å². The number of rotatable bonds is 4. The van der Waals surface area contributed by atoms with Gasteiger partial charge in [0.25, 0.3) is 0 Å². The number of anilines is 1. The van der Waals surface area contributed by atoms with Crippen LogP contribution in [0.3, 0.4) is 0 Å². The molecular formula is C29H33N5O2. The Morgan fingerprint density at radius 1 is 0.889 bits per heavy atom. The SMILES string of the molecule is CN1CC(C(=O)N2CCN(Cc3cccc4ccccc34)CC2)C2NN(c3ccccc3)C(=O)C2C1. The maximum atomic E-state index is 13.7. The average Bonchev–Trinajstić information content (AvgIpc) is 3.25. The summed E-state index contributed by atoms with van der Waals surface area (Å²) in [6.07, 6.45) is 0. The zero-order chi connectivity index (χ0) is 24.6. The Morgan fingerprint density at radius 3 is 2.42 bits per heavy atom. The summed E-state index contributed by atoms with van der Waals surface area (Å²) in [5, 5.41) is 4.22. The van der Waals surface area contributed by atoms with Gasteiger partial charge in [-0.3, -0.25) is 14.5 Å². The van der Waals surface area contributed by atoms with E-state index >= 15 is 0 Å². The van der Waals surface area contributed by atoms with Gasteiger partial charge < -0.3 is 9.80 Å². The average molecular weight is 484 g/mol. The normalized spacial score (nSPS) is 25.4. The molecular weight excluding hydrogens is 450 g/mol. The van der Waals surface area contributed by atoms with Gasteiger partial charge in [0.15, 0.2) is 0 Å². The van der Waals surface area contributed by atoms with Crippen molar-refractivity contribution in [1.29, 1.82) is 0 Å². The maximum Gasteiger partial charge on any atom is 0.247 e. The van der Waals surface area contributed by atoms with Gasteiger partial charge in [-0.15, -0.1) is 0 Å². The summed E-state index contributed by atoms with van der Waals surface area (Å²) >= 11 is 0. The van der Waals surface area contributed by atoms with E-state index in [-0.39, 0.29) is 29.7 Å². The Bertz CT molecular complexity index is 1250. The van der Waals surface area contributed by atoms with Crippen molar-refractivity contribution in [2.45, 2.75) is 12.6 Å². The van der Waals surface area contributed by atoms with Gasteiger partial charge in [-0.05, 0) is 35.5 Å². The van der Waals surface area contributed by atoms with Crippen LogP contribution in [0.4, 0.5) is 5.69 Å². The van der Waals surface area contributed by atoms with Crippen molar-refractivity contribution in [2.75, 3.05) is 51.3 Å². The zero-order valence-corrected chi connectivity index (χ0v) is 20.7. The number of piperazine rings is 1. The fourth-order valence-corrected chi connectivity index (χ4v) is 6.09. The van der Waals surface area contributed by atoms with Crippen molar-refractivity contribution in [2.24, 2.45) is 11.8 Å². The van der Waals surface area contributed by atoms with E-state index in [9.17, 15) is 9.59 Å². The number of fused-ring (bicyclic) bond motifs is 2. The lowest BCUT2D eigenvalue weighted by Gasteiger charge is -2.41. The minimum atomic E-state index is -0.240. The summed E-state index contributed by atoms with van der Waals surface area (Å²) in [6.45, 7) is 5.38. The predicted octanol–water partition coefficient (Wildman–Crippen LogP) is 2.58. The lowest BCUT2D eigenvalue weighted by atomic mass is 9.84. The van der Waals surface area contributed by atoms with E-state index in [1.165, 1.54) is 16.3 Å². The Balaban J connectivity index is 1.12. The number of nitrogens with one attached hydrogen (secondary N) is 1. The van der Waals surface area contributed by atoms with E-state index in [1.54, 1.807) is 5.01 Å². The molecule has 3 fully saturated rings. The standard InChI is InChI=1S/C29H33N5O2/c1-31-19-25(27-26(20-31)29(36)34(30-27)23-11-3-2-4-12-23)28(35)33-16-14-32(15-17-33)18-22-10-7-9-21-8-5-6-13-24(21)22/h2-13,25-27,30H,14-20H2,1H3. The molecule has 7 heteroatoms. The molecule has 0 radical (unpaired) electrons. The molecule has 3 saturated heterocycles. The van der Waals surface area contributed by atoms with Crippen molar-refractivity contribution in [3.05, 3.63) is 78.4 Å². The fraction of sp³-hybridized carbons (Fsp3) is 0.379. The van der Waals surface area contributed by atoms with Gasteiger partial charge in [0.05, 0.1) is 23.6 Å². The van der Waals surface area contributed by atoms with E-state index < -0.39 is 0 Å². The maximum absolute atomic E-state index is 13.7. The molecule has 7 nitrogen and oxygen atoms in total. The zero-order valence-electron chi connectivity index (χ0n) is 20.7. The molecule has 3 aliphatic heterocycles. The quantitative estimate of drug-likeness (QED) is 0.618. The number of carbonyl (C=O) groups is 2. The molecule has 1 N–H and O–H groups in total. The van der Waals surface area contributed by atoms with Crippen LogP contribution in [0.1, 0.15) is 5.56 Å². The highest BCUT2D eigenvalue weighted by molar-refractivity contribution is 5.98. The Morgan fingerprint density at radius 2 is 1.61 bits per heavy atom. The van der Waals surface area contributed by atoms with Crippen LogP contribution in [0.15, 0.2) is 72.8 Å². The summed E-state index contributed by atoms with van der Waals surface area (Å²) in [6, 6.07) is 24.5. The van der Waals surface area contributed by atoms with Crippen molar-refractivity contribution in [3.8, 4) is 0 Å². The minimum absolute atomic E-state index is 0.0513. The van der Waals surface area contributed by atoms with Crippen LogP contribution >= 0.6 is 0 Å². The highest BCUT2D eigenvalue weighted by Gasteiger charge is 2.51. The molecule has 6 rings (SSSR count). The van der Waals surface area contributed by atoms with Gasteiger partial charge in [0.1, 0.15) is 0 Å². The first-order valence-electron chi connectivity index (χ1n) is 12.9. The molecule has 0 aromatic heterocycles. The molecule has 3 aliphatic rings. The number of para-hydroxylation sites is 1. The van der Waals surface area contributed by atoms with Crippen molar-refractivity contribution < 1.29 is 9.59 Å². The van der Waals surface area contributed by atoms with Crippen molar-refractivity contribution in [1.82, 2.24) is 20.1 Å². The molecule has 0 aliphatic carbocycles. The summed E-state index contributed by atoms with van der Waals surface area (Å²) in [7, 11) is 2.01. The molecule has 2 amide bonds. The third kappa shape index (κ3) is 4.28. The lowest BCUT2D eigenvalue weighted by molar-refractivity contribution is -0.141. The van der Waals surface area contributed by atoms with E-state index in [1.807, 2.05) is 42.3 Å². The van der Waals surface area contributed by atoms with Crippen LogP contribution in [-0.2, 0) is 16.1 Å². The number of amides is 2. The number of hydrogen-bond donors (Lipinski definition) is 1. The minimum Gasteiger partial charge on any atom is -0.340 e. The van der Waals surface area contributed by atoms with Crippen LogP contribution in [0.2, 0.25) is 0 Å². The van der Waals surface area contributed by atoms with Gasteiger partial charge in [-0.25, -0.2) is 10.4 Å². The van der Waals surface area contributed by atoms with Crippen molar-refractivity contribution >= 4 is 28.3 Å². The molecule has 0 spiro atoms. The van der Waals surface area contributed by atoms with Gasteiger partial charge in [0.2, 0.25) is 11.8 Å². The third-order valence-electron chi connectivity index (χ3n) is 7.99. The monoisotopic (exact) mass is 483 g/mol. The highest BCUT2D eigenvalue weighted by Crippen LogP contribution is 2.32. The summed E-state index contributed by atoms with van der Waals surface area (Å²) < 4.78 is 0. The molecule has 3 heterocycles. The van der Waals surface area contributed by atoms with E-state index in [0.29, 0.717) is 13.1 Å². The second-order valence-corrected chi connectivity index (χ2v) is 10.3. The molecule has 3 atom stereocenters. The van der Waals surface area contributed by atoms with Crippen LogP contribution in [0.5, 0.6) is 0 Å². The first-order valence-corrected chi connectivity index (χ1v) is 12.9.